The van der Waals surface area contributed by atoms with Crippen LogP contribution in [-0.4, -0.2) is 40.5 Å². The number of carboxylic acid groups (broad SMARTS) is 1. The monoisotopic (exact) mass is 236 g/mol. The second kappa shape index (κ2) is 5.43. The number of rotatable bonds is 4. The van der Waals surface area contributed by atoms with Crippen LogP contribution >= 0.6 is 0 Å². The number of nitrogens with zero attached hydrogens (tertiary/aromatic N) is 2. The van der Waals surface area contributed by atoms with Crippen LogP contribution in [0.3, 0.4) is 0 Å². The van der Waals surface area contributed by atoms with Crippen molar-refractivity contribution in [1.29, 1.82) is 0 Å². The van der Waals surface area contributed by atoms with Gasteiger partial charge < -0.3 is 10.0 Å². The summed E-state index contributed by atoms with van der Waals surface area (Å²) in [5.74, 6) is -0.870. The largest absolute Gasteiger partial charge is 0.478 e. The number of aromatic carboxylic acids is 1. The van der Waals surface area contributed by atoms with Gasteiger partial charge in [0.05, 0.1) is 5.56 Å². The fraction of sp³-hybridized carbons (Fsp3) is 0.417. The van der Waals surface area contributed by atoms with Crippen LogP contribution in [0.2, 0.25) is 0 Å². The highest BCUT2D eigenvalue weighted by Gasteiger charge is 2.14. The van der Waals surface area contributed by atoms with Crippen LogP contribution in [0.5, 0.6) is 0 Å². The topological polar surface area (TPSA) is 70.5 Å². The number of pyridine rings is 1. The third-order valence-electron chi connectivity index (χ3n) is 2.22. The van der Waals surface area contributed by atoms with Crippen molar-refractivity contribution in [3.63, 3.8) is 0 Å². The normalized spacial score (nSPS) is 10.4. The second-order valence-electron chi connectivity index (χ2n) is 4.32. The molecule has 1 N–H and O–H groups in total. The molecule has 0 unspecified atom stereocenters. The van der Waals surface area contributed by atoms with Crippen LogP contribution in [0.1, 0.15) is 34.7 Å². The lowest BCUT2D eigenvalue weighted by Gasteiger charge is -2.18. The van der Waals surface area contributed by atoms with Gasteiger partial charge in [-0.3, -0.25) is 9.78 Å². The SMILES string of the molecule is CC(C)CN(C)C(=O)c1ccc(C(=O)O)cn1. The van der Waals surface area contributed by atoms with Crippen LogP contribution < -0.4 is 0 Å². The van der Waals surface area contributed by atoms with Crippen molar-refractivity contribution >= 4 is 11.9 Å². The molecule has 1 rings (SSSR count). The van der Waals surface area contributed by atoms with Crippen molar-refractivity contribution in [3.8, 4) is 0 Å². The van der Waals surface area contributed by atoms with Crippen molar-refractivity contribution in [2.75, 3.05) is 13.6 Å². The molecule has 0 aliphatic heterocycles. The molecule has 5 heteroatoms. The number of hydrogen-bond acceptors (Lipinski definition) is 3. The Morgan fingerprint density at radius 1 is 1.41 bits per heavy atom. The van der Waals surface area contributed by atoms with Crippen molar-refractivity contribution in [2.24, 2.45) is 5.92 Å². The molecule has 0 fully saturated rings. The first-order chi connectivity index (χ1) is 7.91. The average Bonchev–Trinajstić information content (AvgIpc) is 2.27. The Hall–Kier alpha value is -1.91. The van der Waals surface area contributed by atoms with Gasteiger partial charge in [-0.15, -0.1) is 0 Å². The van der Waals surface area contributed by atoms with Crippen molar-refractivity contribution < 1.29 is 14.7 Å². The van der Waals surface area contributed by atoms with Crippen LogP contribution in [0, 0.1) is 5.92 Å². The molecule has 0 aliphatic carbocycles. The molecule has 92 valence electrons. The molecule has 17 heavy (non-hydrogen) atoms. The van der Waals surface area contributed by atoms with E-state index in [1.807, 2.05) is 13.8 Å². The quantitative estimate of drug-likeness (QED) is 0.860. The summed E-state index contributed by atoms with van der Waals surface area (Å²) in [6, 6.07) is 2.81. The van der Waals surface area contributed by atoms with Crippen LogP contribution in [0.25, 0.3) is 0 Å². The maximum absolute atomic E-state index is 11.9. The second-order valence-corrected chi connectivity index (χ2v) is 4.32. The van der Waals surface area contributed by atoms with E-state index in [9.17, 15) is 9.59 Å². The Balaban J connectivity index is 2.79. The summed E-state index contributed by atoms with van der Waals surface area (Å²) < 4.78 is 0. The Kier molecular flexibility index (Phi) is 4.20. The molecule has 0 bridgehead atoms. The highest BCUT2D eigenvalue weighted by atomic mass is 16.4. The fourth-order valence-corrected chi connectivity index (χ4v) is 1.47. The maximum atomic E-state index is 11.9. The molecule has 1 heterocycles. The van der Waals surface area contributed by atoms with Crippen LogP contribution in [0.15, 0.2) is 18.3 Å². The molecule has 0 saturated carbocycles. The van der Waals surface area contributed by atoms with Crippen molar-refractivity contribution in [1.82, 2.24) is 9.88 Å². The van der Waals surface area contributed by atoms with E-state index in [4.69, 9.17) is 5.11 Å². The fourth-order valence-electron chi connectivity index (χ4n) is 1.47. The van der Waals surface area contributed by atoms with E-state index >= 15 is 0 Å². The predicted octanol–water partition coefficient (Wildman–Crippen LogP) is 1.51. The lowest BCUT2D eigenvalue weighted by atomic mass is 10.2. The molecule has 0 atom stereocenters. The standard InChI is InChI=1S/C12H16N2O3/c1-8(2)7-14(3)11(15)10-5-4-9(6-13-10)12(16)17/h4-6,8H,7H2,1-3H3,(H,16,17). The number of carbonyl (C=O) groups excluding carboxylic acids is 1. The molecule has 0 radical (unpaired) electrons. The van der Waals surface area contributed by atoms with Gasteiger partial charge in [0.2, 0.25) is 0 Å². The molecular formula is C12H16N2O3. The van der Waals surface area contributed by atoms with E-state index in [2.05, 4.69) is 4.98 Å². The van der Waals surface area contributed by atoms with E-state index in [0.717, 1.165) is 0 Å². The Labute approximate surface area is 100 Å². The van der Waals surface area contributed by atoms with E-state index in [0.29, 0.717) is 12.5 Å². The first kappa shape index (κ1) is 13.2. The summed E-state index contributed by atoms with van der Waals surface area (Å²) in [4.78, 5) is 27.9. The summed E-state index contributed by atoms with van der Waals surface area (Å²) in [7, 11) is 1.70. The first-order valence-corrected chi connectivity index (χ1v) is 5.36. The minimum Gasteiger partial charge on any atom is -0.478 e. The van der Waals surface area contributed by atoms with Gasteiger partial charge in [-0.1, -0.05) is 13.8 Å². The predicted molar refractivity (Wildman–Crippen MR) is 63.0 cm³/mol. The van der Waals surface area contributed by atoms with Gasteiger partial charge in [0, 0.05) is 19.8 Å². The third-order valence-corrected chi connectivity index (χ3v) is 2.22. The van der Waals surface area contributed by atoms with E-state index in [1.54, 1.807) is 11.9 Å². The van der Waals surface area contributed by atoms with Gasteiger partial charge in [0.15, 0.2) is 0 Å². The van der Waals surface area contributed by atoms with Gasteiger partial charge in [-0.05, 0) is 18.1 Å². The number of carboxylic acids is 1. The molecular weight excluding hydrogens is 220 g/mol. The average molecular weight is 236 g/mol. The molecule has 0 spiro atoms. The zero-order valence-electron chi connectivity index (χ0n) is 10.2. The number of carbonyl (C=O) groups is 2. The number of amides is 1. The molecule has 1 aromatic rings. The van der Waals surface area contributed by atoms with Crippen molar-refractivity contribution in [2.45, 2.75) is 13.8 Å². The Bertz CT molecular complexity index is 412. The lowest BCUT2D eigenvalue weighted by molar-refractivity contribution is 0.0693. The van der Waals surface area contributed by atoms with Gasteiger partial charge in [-0.2, -0.15) is 0 Å². The molecule has 1 amide bonds. The minimum absolute atomic E-state index is 0.0769. The lowest BCUT2D eigenvalue weighted by Crippen LogP contribution is -2.30. The van der Waals surface area contributed by atoms with Crippen LogP contribution in [-0.2, 0) is 0 Å². The van der Waals surface area contributed by atoms with Gasteiger partial charge in [-0.25, -0.2) is 4.79 Å². The highest BCUT2D eigenvalue weighted by Crippen LogP contribution is 2.05. The van der Waals surface area contributed by atoms with E-state index in [1.165, 1.54) is 18.3 Å². The van der Waals surface area contributed by atoms with Gasteiger partial charge in [0.1, 0.15) is 5.69 Å². The van der Waals surface area contributed by atoms with Crippen molar-refractivity contribution in [3.05, 3.63) is 29.6 Å². The molecule has 1 aromatic heterocycles. The molecule has 5 nitrogen and oxygen atoms in total. The minimum atomic E-state index is -1.05. The van der Waals surface area contributed by atoms with Gasteiger partial charge >= 0.3 is 5.97 Å². The molecule has 0 aliphatic rings. The summed E-state index contributed by atoms with van der Waals surface area (Å²) >= 11 is 0. The smallest absolute Gasteiger partial charge is 0.337 e. The van der Waals surface area contributed by atoms with E-state index in [-0.39, 0.29) is 17.2 Å². The first-order valence-electron chi connectivity index (χ1n) is 5.36. The summed E-state index contributed by atoms with van der Waals surface area (Å²) in [6.45, 7) is 4.68. The van der Waals surface area contributed by atoms with Gasteiger partial charge in [0.25, 0.3) is 5.91 Å². The third kappa shape index (κ3) is 3.55. The Morgan fingerprint density at radius 2 is 2.06 bits per heavy atom. The van der Waals surface area contributed by atoms with E-state index < -0.39 is 5.97 Å². The highest BCUT2D eigenvalue weighted by molar-refractivity contribution is 5.93. The maximum Gasteiger partial charge on any atom is 0.337 e. The number of hydrogen-bond donors (Lipinski definition) is 1. The summed E-state index contributed by atoms with van der Waals surface area (Å²) in [6.07, 6.45) is 1.19. The zero-order valence-corrected chi connectivity index (χ0v) is 10.2. The zero-order chi connectivity index (χ0) is 13.0. The molecule has 0 saturated heterocycles. The van der Waals surface area contributed by atoms with Crippen LogP contribution in [0.4, 0.5) is 0 Å². The molecule has 0 aromatic carbocycles. The number of aromatic nitrogens is 1. The summed E-state index contributed by atoms with van der Waals surface area (Å²) in [5.41, 5.74) is 0.339. The summed E-state index contributed by atoms with van der Waals surface area (Å²) in [5, 5.41) is 8.71. The Morgan fingerprint density at radius 3 is 2.47 bits per heavy atom.